The lowest BCUT2D eigenvalue weighted by Gasteiger charge is -1.95. The predicted molar refractivity (Wildman–Crippen MR) is 69.0 cm³/mol. The third kappa shape index (κ3) is 3.13. The van der Waals surface area contributed by atoms with Gasteiger partial charge in [0.05, 0.1) is 11.1 Å². The largest absolute Gasteiger partial charge is 0.366 e. The molecular weight excluding hydrogens is 266 g/mol. The quantitative estimate of drug-likeness (QED) is 0.407. The molecule has 1 aromatic heterocycles. The van der Waals surface area contributed by atoms with Crippen molar-refractivity contribution in [1.82, 2.24) is 20.6 Å². The highest BCUT2D eigenvalue weighted by Crippen LogP contribution is 2.10. The first-order chi connectivity index (χ1) is 9.56. The highest BCUT2D eigenvalue weighted by atomic mass is 16.6. The number of H-pyrrole nitrogens is 1. The first-order valence-corrected chi connectivity index (χ1v) is 5.32. The summed E-state index contributed by atoms with van der Waals surface area (Å²) >= 11 is 0. The summed E-state index contributed by atoms with van der Waals surface area (Å²) < 4.78 is 0. The Morgan fingerprint density at radius 2 is 2.15 bits per heavy atom. The van der Waals surface area contributed by atoms with Gasteiger partial charge in [0.25, 0.3) is 5.69 Å². The van der Waals surface area contributed by atoms with Gasteiger partial charge < -0.3 is 5.73 Å². The predicted octanol–water partition coefficient (Wildman–Crippen LogP) is 0.0590. The minimum absolute atomic E-state index is 0.0247. The molecule has 1 aromatic carbocycles. The number of aromatic nitrogens is 3. The number of aromatic amines is 1. The van der Waals surface area contributed by atoms with E-state index in [2.05, 4.69) is 25.7 Å². The normalized spacial score (nSPS) is 10.6. The van der Waals surface area contributed by atoms with Gasteiger partial charge in [-0.05, 0) is 17.7 Å². The van der Waals surface area contributed by atoms with E-state index in [-0.39, 0.29) is 17.5 Å². The number of nitrogens with one attached hydrogen (secondary N) is 2. The van der Waals surface area contributed by atoms with Crippen molar-refractivity contribution in [3.63, 3.8) is 0 Å². The van der Waals surface area contributed by atoms with Gasteiger partial charge in [-0.15, -0.1) is 5.10 Å². The van der Waals surface area contributed by atoms with Crippen LogP contribution >= 0.6 is 0 Å². The maximum Gasteiger partial charge on any atom is 0.308 e. The maximum absolute atomic E-state index is 11.5. The summed E-state index contributed by atoms with van der Waals surface area (Å²) in [6.07, 6.45) is 1.33. The van der Waals surface area contributed by atoms with Crippen molar-refractivity contribution in [1.29, 1.82) is 0 Å². The second-order valence-corrected chi connectivity index (χ2v) is 3.59. The van der Waals surface area contributed by atoms with Gasteiger partial charge >= 0.3 is 5.91 Å². The van der Waals surface area contributed by atoms with Crippen LogP contribution in [0.3, 0.4) is 0 Å². The Balaban J connectivity index is 1.96. The van der Waals surface area contributed by atoms with Gasteiger partial charge in [0, 0.05) is 12.1 Å². The molecule has 10 nitrogen and oxygen atoms in total. The Labute approximate surface area is 111 Å². The van der Waals surface area contributed by atoms with Crippen molar-refractivity contribution in [2.75, 3.05) is 5.73 Å². The summed E-state index contributed by atoms with van der Waals surface area (Å²) in [5, 5.41) is 20.0. The molecule has 0 aliphatic rings. The zero-order chi connectivity index (χ0) is 14.5. The standard InChI is InChI=1S/C10H9N7O3/c11-10-13-8(14-16-10)9(18)15-12-5-6-1-3-7(4-2-6)17(19)20/h1-5H,(H,15,18)(H3,11,13,14,16)/b12-5-. The van der Waals surface area contributed by atoms with Crippen LogP contribution in [0.25, 0.3) is 0 Å². The number of hydrazone groups is 1. The van der Waals surface area contributed by atoms with E-state index in [9.17, 15) is 14.9 Å². The molecule has 1 heterocycles. The zero-order valence-electron chi connectivity index (χ0n) is 9.98. The summed E-state index contributed by atoms with van der Waals surface area (Å²) in [4.78, 5) is 25.1. The lowest BCUT2D eigenvalue weighted by Crippen LogP contribution is -2.19. The fraction of sp³-hybridized carbons (Fsp3) is 0. The summed E-state index contributed by atoms with van der Waals surface area (Å²) in [6.45, 7) is 0. The van der Waals surface area contributed by atoms with E-state index in [4.69, 9.17) is 5.73 Å². The van der Waals surface area contributed by atoms with Gasteiger partial charge in [0.15, 0.2) is 0 Å². The Morgan fingerprint density at radius 3 is 2.70 bits per heavy atom. The summed E-state index contributed by atoms with van der Waals surface area (Å²) in [7, 11) is 0. The average molecular weight is 275 g/mol. The number of carbonyl (C=O) groups is 1. The molecule has 102 valence electrons. The molecule has 4 N–H and O–H groups in total. The molecule has 0 saturated heterocycles. The number of non-ortho nitro benzene ring substituents is 1. The van der Waals surface area contributed by atoms with Crippen LogP contribution in [0.4, 0.5) is 11.6 Å². The van der Waals surface area contributed by atoms with Gasteiger partial charge in [-0.3, -0.25) is 20.0 Å². The molecule has 0 spiro atoms. The van der Waals surface area contributed by atoms with Gasteiger partial charge in [0.1, 0.15) is 0 Å². The molecule has 2 rings (SSSR count). The minimum atomic E-state index is -0.604. The number of hydrogen-bond donors (Lipinski definition) is 3. The first-order valence-electron chi connectivity index (χ1n) is 5.32. The smallest absolute Gasteiger partial charge is 0.308 e. The van der Waals surface area contributed by atoms with Crippen LogP contribution in [0.15, 0.2) is 29.4 Å². The second kappa shape index (κ2) is 5.56. The van der Waals surface area contributed by atoms with E-state index in [0.717, 1.165) is 0 Å². The van der Waals surface area contributed by atoms with E-state index in [1.165, 1.54) is 30.5 Å². The molecule has 0 fully saturated rings. The van der Waals surface area contributed by atoms with Gasteiger partial charge in [-0.2, -0.15) is 10.1 Å². The van der Waals surface area contributed by atoms with Gasteiger partial charge in [-0.1, -0.05) is 0 Å². The molecule has 1 amide bonds. The van der Waals surface area contributed by atoms with E-state index in [1.807, 2.05) is 0 Å². The van der Waals surface area contributed by atoms with Gasteiger partial charge in [0.2, 0.25) is 11.8 Å². The maximum atomic E-state index is 11.5. The Hall–Kier alpha value is -3.30. The number of nitro benzene ring substituents is 1. The molecule has 0 radical (unpaired) electrons. The Kier molecular flexibility index (Phi) is 3.65. The molecule has 0 aliphatic heterocycles. The van der Waals surface area contributed by atoms with Crippen molar-refractivity contribution < 1.29 is 9.72 Å². The van der Waals surface area contributed by atoms with Crippen LogP contribution in [0.1, 0.15) is 16.2 Å². The van der Waals surface area contributed by atoms with Crippen molar-refractivity contribution in [3.05, 3.63) is 45.8 Å². The van der Waals surface area contributed by atoms with E-state index < -0.39 is 10.8 Å². The molecule has 20 heavy (non-hydrogen) atoms. The van der Waals surface area contributed by atoms with Crippen LogP contribution < -0.4 is 11.2 Å². The third-order valence-corrected chi connectivity index (χ3v) is 2.20. The summed E-state index contributed by atoms with van der Waals surface area (Å²) in [5.74, 6) is -0.717. The third-order valence-electron chi connectivity index (χ3n) is 2.20. The first kappa shape index (κ1) is 13.1. The fourth-order valence-electron chi connectivity index (χ4n) is 1.28. The summed E-state index contributed by atoms with van der Waals surface area (Å²) in [6, 6.07) is 5.67. The number of nitro groups is 1. The number of anilines is 1. The Bertz CT molecular complexity index is 662. The number of carbonyl (C=O) groups excluding carboxylic acids is 1. The number of hydrogen-bond acceptors (Lipinski definition) is 7. The number of rotatable bonds is 4. The molecule has 0 atom stereocenters. The topological polar surface area (TPSA) is 152 Å². The second-order valence-electron chi connectivity index (χ2n) is 3.59. The summed E-state index contributed by atoms with van der Waals surface area (Å²) in [5.41, 5.74) is 8.02. The van der Waals surface area contributed by atoms with Crippen molar-refractivity contribution in [3.8, 4) is 0 Å². The zero-order valence-corrected chi connectivity index (χ0v) is 9.98. The Morgan fingerprint density at radius 1 is 1.45 bits per heavy atom. The molecule has 0 saturated carbocycles. The van der Waals surface area contributed by atoms with Crippen LogP contribution in [0.2, 0.25) is 0 Å². The fourth-order valence-corrected chi connectivity index (χ4v) is 1.28. The van der Waals surface area contributed by atoms with E-state index in [0.29, 0.717) is 5.56 Å². The highest BCUT2D eigenvalue weighted by molar-refractivity contribution is 5.91. The number of nitrogen functional groups attached to an aromatic ring is 1. The molecule has 0 bridgehead atoms. The molecule has 2 aromatic rings. The monoisotopic (exact) mass is 275 g/mol. The van der Waals surface area contributed by atoms with Crippen molar-refractivity contribution in [2.24, 2.45) is 5.10 Å². The van der Waals surface area contributed by atoms with Crippen LogP contribution in [0.5, 0.6) is 0 Å². The van der Waals surface area contributed by atoms with Gasteiger partial charge in [-0.25, -0.2) is 5.43 Å². The van der Waals surface area contributed by atoms with E-state index in [1.54, 1.807) is 0 Å². The molecule has 10 heteroatoms. The number of amides is 1. The van der Waals surface area contributed by atoms with Crippen molar-refractivity contribution >= 4 is 23.8 Å². The lowest BCUT2D eigenvalue weighted by molar-refractivity contribution is -0.384. The number of nitrogens with two attached hydrogens (primary N) is 1. The van der Waals surface area contributed by atoms with Crippen LogP contribution in [0, 0.1) is 10.1 Å². The molecular formula is C10H9N7O3. The minimum Gasteiger partial charge on any atom is -0.366 e. The lowest BCUT2D eigenvalue weighted by atomic mass is 10.2. The average Bonchev–Trinajstić information content (AvgIpc) is 2.86. The molecule has 0 aliphatic carbocycles. The number of benzene rings is 1. The van der Waals surface area contributed by atoms with E-state index >= 15 is 0 Å². The van der Waals surface area contributed by atoms with Crippen LogP contribution in [-0.4, -0.2) is 32.2 Å². The number of nitrogens with zero attached hydrogens (tertiary/aromatic N) is 4. The highest BCUT2D eigenvalue weighted by Gasteiger charge is 2.09. The molecule has 0 unspecified atom stereocenters. The SMILES string of the molecule is Nc1n[nH]c(C(=O)N/N=C\c2ccc([N+](=O)[O-])cc2)n1. The van der Waals surface area contributed by atoms with Crippen molar-refractivity contribution in [2.45, 2.75) is 0 Å². The van der Waals surface area contributed by atoms with Crippen LogP contribution in [-0.2, 0) is 0 Å².